The van der Waals surface area contributed by atoms with Gasteiger partial charge in [0.15, 0.2) is 11.5 Å². The molecule has 0 aromatic heterocycles. The lowest BCUT2D eigenvalue weighted by atomic mass is 10.2. The number of methoxy groups -OCH3 is 3. The smallest absolute Gasteiger partial charge is 0.295 e. The third-order valence-electron chi connectivity index (χ3n) is 4.73. The number of benzene rings is 3. The van der Waals surface area contributed by atoms with E-state index in [9.17, 15) is 23.6 Å². The first-order chi connectivity index (χ1) is 16.7. The maximum atomic E-state index is 12.8. The quantitative estimate of drug-likeness (QED) is 0.214. The van der Waals surface area contributed by atoms with Crippen LogP contribution in [0.3, 0.4) is 0 Å². The molecule has 0 saturated carbocycles. The maximum absolute atomic E-state index is 12.8. The van der Waals surface area contributed by atoms with Crippen molar-refractivity contribution in [3.8, 4) is 23.0 Å². The van der Waals surface area contributed by atoms with Gasteiger partial charge in [0.1, 0.15) is 11.4 Å². The molecule has 3 N–H and O–H groups in total. The number of ether oxygens (including phenoxy) is 3. The summed E-state index contributed by atoms with van der Waals surface area (Å²) in [6.45, 7) is 0. The van der Waals surface area contributed by atoms with Crippen molar-refractivity contribution in [2.45, 2.75) is 4.90 Å². The zero-order valence-corrected chi connectivity index (χ0v) is 19.7. The molecular weight excluding hydrogens is 480 g/mol. The molecule has 3 rings (SSSR count). The Morgan fingerprint density at radius 1 is 0.943 bits per heavy atom. The number of hydrogen-bond donors (Lipinski definition) is 3. The van der Waals surface area contributed by atoms with E-state index in [1.54, 1.807) is 18.2 Å². The van der Waals surface area contributed by atoms with Crippen LogP contribution in [0, 0.1) is 10.1 Å². The molecule has 35 heavy (non-hydrogen) atoms. The minimum atomic E-state index is -4.15. The van der Waals surface area contributed by atoms with Crippen molar-refractivity contribution in [2.75, 3.05) is 31.5 Å². The number of anilines is 2. The Balaban J connectivity index is 1.87. The van der Waals surface area contributed by atoms with Crippen LogP contribution in [0.25, 0.3) is 0 Å². The van der Waals surface area contributed by atoms with Gasteiger partial charge in [-0.3, -0.25) is 20.3 Å². The fourth-order valence-electron chi connectivity index (χ4n) is 3.02. The van der Waals surface area contributed by atoms with Gasteiger partial charge in [-0.1, -0.05) is 12.1 Å². The number of hydrazone groups is 1. The second-order valence-corrected chi connectivity index (χ2v) is 8.57. The summed E-state index contributed by atoms with van der Waals surface area (Å²) in [7, 11) is -0.0208. The Hall–Kier alpha value is -4.52. The van der Waals surface area contributed by atoms with Crippen LogP contribution >= 0.6 is 0 Å². The van der Waals surface area contributed by atoms with E-state index in [1.165, 1.54) is 57.9 Å². The van der Waals surface area contributed by atoms with Gasteiger partial charge in [0.2, 0.25) is 5.75 Å². The second-order valence-electron chi connectivity index (χ2n) is 6.89. The number of sulfonamides is 1. The van der Waals surface area contributed by atoms with Gasteiger partial charge < -0.3 is 19.3 Å². The van der Waals surface area contributed by atoms with Gasteiger partial charge in [-0.15, -0.1) is 0 Å². The van der Waals surface area contributed by atoms with E-state index in [0.717, 1.165) is 6.07 Å². The lowest BCUT2D eigenvalue weighted by Crippen LogP contribution is -2.14. The minimum absolute atomic E-state index is 0.0415. The van der Waals surface area contributed by atoms with Crippen LogP contribution < -0.4 is 24.4 Å². The lowest BCUT2D eigenvalue weighted by Gasteiger charge is -2.12. The Bertz CT molecular complexity index is 1350. The van der Waals surface area contributed by atoms with Crippen LogP contribution in [0.5, 0.6) is 23.0 Å². The molecule has 0 aliphatic rings. The van der Waals surface area contributed by atoms with Crippen molar-refractivity contribution in [1.82, 2.24) is 0 Å². The van der Waals surface area contributed by atoms with Gasteiger partial charge in [-0.2, -0.15) is 5.10 Å². The molecule has 184 valence electrons. The molecule has 0 aliphatic heterocycles. The average molecular weight is 503 g/mol. The summed E-state index contributed by atoms with van der Waals surface area (Å²) < 4.78 is 43.3. The van der Waals surface area contributed by atoms with Gasteiger partial charge in [0.25, 0.3) is 15.7 Å². The Morgan fingerprint density at radius 2 is 1.57 bits per heavy atom. The Kier molecular flexibility index (Phi) is 7.61. The van der Waals surface area contributed by atoms with Gasteiger partial charge in [0.05, 0.1) is 43.1 Å². The van der Waals surface area contributed by atoms with E-state index < -0.39 is 20.6 Å². The van der Waals surface area contributed by atoms with Crippen molar-refractivity contribution in [2.24, 2.45) is 5.10 Å². The number of nitro benzene ring substituents is 1. The predicted molar refractivity (Wildman–Crippen MR) is 129 cm³/mol. The average Bonchev–Trinajstić information content (AvgIpc) is 2.84. The van der Waals surface area contributed by atoms with E-state index in [4.69, 9.17) is 14.2 Å². The first kappa shape index (κ1) is 25.1. The largest absolute Gasteiger partial charge is 0.502 e. The highest BCUT2D eigenvalue weighted by molar-refractivity contribution is 7.92. The number of aromatic hydroxyl groups is 1. The Labute approximate surface area is 201 Å². The lowest BCUT2D eigenvalue weighted by molar-refractivity contribution is -0.384. The molecule has 0 atom stereocenters. The van der Waals surface area contributed by atoms with Crippen molar-refractivity contribution < 1.29 is 32.7 Å². The normalized spacial score (nSPS) is 11.2. The summed E-state index contributed by atoms with van der Waals surface area (Å²) in [4.78, 5) is 10.6. The molecule has 0 heterocycles. The highest BCUT2D eigenvalue weighted by atomic mass is 32.2. The van der Waals surface area contributed by atoms with Gasteiger partial charge in [-0.05, 0) is 36.4 Å². The van der Waals surface area contributed by atoms with Crippen molar-refractivity contribution in [1.29, 1.82) is 0 Å². The maximum Gasteiger partial charge on any atom is 0.295 e. The van der Waals surface area contributed by atoms with Crippen LogP contribution in [0.2, 0.25) is 0 Å². The van der Waals surface area contributed by atoms with E-state index in [0.29, 0.717) is 11.3 Å². The zero-order valence-electron chi connectivity index (χ0n) is 18.9. The first-order valence-electron chi connectivity index (χ1n) is 9.88. The van der Waals surface area contributed by atoms with E-state index in [2.05, 4.69) is 15.2 Å². The fourth-order valence-corrected chi connectivity index (χ4v) is 4.11. The molecule has 0 spiro atoms. The van der Waals surface area contributed by atoms with Crippen molar-refractivity contribution >= 4 is 33.3 Å². The highest BCUT2D eigenvalue weighted by Crippen LogP contribution is 2.36. The first-order valence-corrected chi connectivity index (χ1v) is 11.4. The standard InChI is InChI=1S/C22H22N4O8S/c1-32-19-7-5-4-6-17(19)25-35(30,31)15-8-9-16(18(12-15)26(28)29)24-23-13-14-10-20(33-2)22(27)21(11-14)34-3/h4-13,24-25,27H,1-3H3. The van der Waals surface area contributed by atoms with Gasteiger partial charge in [0, 0.05) is 11.6 Å². The molecule has 3 aromatic carbocycles. The third kappa shape index (κ3) is 5.70. The van der Waals surface area contributed by atoms with Crippen molar-refractivity contribution in [3.63, 3.8) is 0 Å². The number of phenols is 1. The topological polar surface area (TPSA) is 162 Å². The summed E-state index contributed by atoms with van der Waals surface area (Å²) >= 11 is 0. The molecule has 3 aromatic rings. The molecule has 12 nitrogen and oxygen atoms in total. The molecule has 0 radical (unpaired) electrons. The molecule has 0 unspecified atom stereocenters. The molecule has 0 saturated heterocycles. The molecule has 0 amide bonds. The summed E-state index contributed by atoms with van der Waals surface area (Å²) in [5, 5.41) is 25.6. The van der Waals surface area contributed by atoms with Crippen LogP contribution in [-0.4, -0.2) is 46.0 Å². The van der Waals surface area contributed by atoms with Gasteiger partial charge in [-0.25, -0.2) is 8.42 Å². The number of nitrogens with zero attached hydrogens (tertiary/aromatic N) is 2. The third-order valence-corrected chi connectivity index (χ3v) is 6.09. The number of rotatable bonds is 10. The number of phenolic OH excluding ortho intramolecular Hbond substituents is 1. The number of para-hydroxylation sites is 2. The number of hydrogen-bond acceptors (Lipinski definition) is 10. The minimum Gasteiger partial charge on any atom is -0.502 e. The number of nitrogens with one attached hydrogen (secondary N) is 2. The van der Waals surface area contributed by atoms with Crippen molar-refractivity contribution in [3.05, 3.63) is 70.3 Å². The second kappa shape index (κ2) is 10.6. The Morgan fingerprint density at radius 3 is 2.17 bits per heavy atom. The fraction of sp³-hybridized carbons (Fsp3) is 0.136. The predicted octanol–water partition coefficient (Wildman–Crippen LogP) is 3.57. The summed E-state index contributed by atoms with van der Waals surface area (Å²) in [5.41, 5.74) is 2.63. The monoisotopic (exact) mass is 502 g/mol. The van der Waals surface area contributed by atoms with E-state index >= 15 is 0 Å². The van der Waals surface area contributed by atoms with Gasteiger partial charge >= 0.3 is 0 Å². The molecule has 0 aliphatic carbocycles. The van der Waals surface area contributed by atoms with Crippen LogP contribution in [0.4, 0.5) is 17.1 Å². The molecule has 0 bridgehead atoms. The van der Waals surface area contributed by atoms with Crippen LogP contribution in [0.1, 0.15) is 5.56 Å². The highest BCUT2D eigenvalue weighted by Gasteiger charge is 2.22. The van der Waals surface area contributed by atoms with E-state index in [1.807, 2.05) is 0 Å². The molecule has 13 heteroatoms. The van der Waals surface area contributed by atoms with Crippen LogP contribution in [0.15, 0.2) is 64.6 Å². The summed E-state index contributed by atoms with van der Waals surface area (Å²) in [5.74, 6) is 0.401. The zero-order chi connectivity index (χ0) is 25.6. The summed E-state index contributed by atoms with van der Waals surface area (Å²) in [6.07, 6.45) is 1.32. The summed E-state index contributed by atoms with van der Waals surface area (Å²) in [6, 6.07) is 12.7. The number of nitro groups is 1. The van der Waals surface area contributed by atoms with E-state index in [-0.39, 0.29) is 33.5 Å². The molecular formula is C22H22N4O8S. The molecule has 0 fully saturated rings. The van der Waals surface area contributed by atoms with Crippen LogP contribution in [-0.2, 0) is 10.0 Å². The SMILES string of the molecule is COc1ccccc1NS(=O)(=O)c1ccc(NN=Cc2cc(OC)c(O)c(OC)c2)c([N+](=O)[O-])c1.